The zero-order chi connectivity index (χ0) is 24.4. The predicted octanol–water partition coefficient (Wildman–Crippen LogP) is 5.14. The highest BCUT2D eigenvalue weighted by atomic mass is 16.5. The van der Waals surface area contributed by atoms with Crippen LogP contribution in [-0.4, -0.2) is 33.9 Å². The molecular weight excluding hydrogens is 436 g/mol. The molecule has 0 N–H and O–H groups in total. The lowest BCUT2D eigenvalue weighted by Crippen LogP contribution is -2.64. The van der Waals surface area contributed by atoms with Crippen LogP contribution in [-0.2, 0) is 22.7 Å². The molecule has 178 valence electrons. The fraction of sp³-hybridized carbons (Fsp3) is 0.267. The van der Waals surface area contributed by atoms with Crippen LogP contribution < -0.4 is 4.74 Å². The Bertz CT molecular complexity index is 1190. The van der Waals surface area contributed by atoms with E-state index in [9.17, 15) is 9.59 Å². The number of para-hydroxylation sites is 1. The van der Waals surface area contributed by atoms with Gasteiger partial charge in [0.1, 0.15) is 11.7 Å². The van der Waals surface area contributed by atoms with Gasteiger partial charge in [0.25, 0.3) is 0 Å². The molecule has 35 heavy (non-hydrogen) atoms. The van der Waals surface area contributed by atoms with Gasteiger partial charge in [-0.05, 0) is 29.7 Å². The molecule has 2 amide bonds. The average Bonchev–Trinajstić information content (AvgIpc) is 2.87. The van der Waals surface area contributed by atoms with Crippen LogP contribution in [0.5, 0.6) is 5.75 Å². The van der Waals surface area contributed by atoms with Gasteiger partial charge in [-0.1, -0.05) is 84.9 Å². The first-order chi connectivity index (χ1) is 17.0. The Morgan fingerprint density at radius 2 is 1.57 bits per heavy atom. The summed E-state index contributed by atoms with van der Waals surface area (Å²) in [5.41, 5.74) is 2.17. The van der Waals surface area contributed by atoms with Crippen molar-refractivity contribution in [2.75, 3.05) is 6.54 Å². The van der Waals surface area contributed by atoms with Crippen LogP contribution in [0.15, 0.2) is 97.6 Å². The first-order valence-corrected chi connectivity index (χ1v) is 12.1. The topological polar surface area (TPSA) is 49.9 Å². The number of carbonyl (C=O) groups is 2. The maximum atomic E-state index is 14.3. The molecule has 5 rings (SSSR count). The summed E-state index contributed by atoms with van der Waals surface area (Å²) in [7, 11) is 0. The molecule has 0 spiro atoms. The summed E-state index contributed by atoms with van der Waals surface area (Å²) in [5.74, 6) is -0.682. The fourth-order valence-corrected chi connectivity index (χ4v) is 5.42. The molecule has 0 unspecified atom stereocenters. The third-order valence-corrected chi connectivity index (χ3v) is 7.07. The second-order valence-electron chi connectivity index (χ2n) is 9.51. The molecule has 1 fully saturated rings. The van der Waals surface area contributed by atoms with Crippen molar-refractivity contribution in [3.8, 4) is 5.75 Å². The lowest BCUT2D eigenvalue weighted by Gasteiger charge is -2.53. The Kier molecular flexibility index (Phi) is 6.16. The standard InChI is InChI=1S/C30H30N2O3/c1-3-18-32-29(34)27(25-19-30(32,2)35-26-17-11-10-16-24(25)26)28(33)31(20-22-12-6-4-7-13-22)21-23-14-8-5-9-15-23/h3-17,25,27H,1,18-21H2,2H3/t25-,27+,30+/m0/s1. The van der Waals surface area contributed by atoms with Gasteiger partial charge in [0, 0.05) is 32.0 Å². The smallest absolute Gasteiger partial charge is 0.239 e. The van der Waals surface area contributed by atoms with Crippen molar-refractivity contribution in [3.05, 3.63) is 114 Å². The molecule has 3 aromatic rings. The summed E-state index contributed by atoms with van der Waals surface area (Å²) in [4.78, 5) is 31.7. The van der Waals surface area contributed by atoms with Gasteiger partial charge < -0.3 is 14.5 Å². The number of likely N-dealkylation sites (tertiary alicyclic amines) is 1. The number of piperidine rings is 1. The molecule has 2 bridgehead atoms. The minimum absolute atomic E-state index is 0.152. The monoisotopic (exact) mass is 466 g/mol. The molecule has 0 aromatic heterocycles. The van der Waals surface area contributed by atoms with E-state index in [1.807, 2.05) is 96.8 Å². The van der Waals surface area contributed by atoms with E-state index in [1.54, 1.807) is 11.0 Å². The van der Waals surface area contributed by atoms with E-state index in [2.05, 4.69) is 6.58 Å². The molecular formula is C30H30N2O3. The molecule has 5 nitrogen and oxygen atoms in total. The van der Waals surface area contributed by atoms with Crippen LogP contribution in [0, 0.1) is 5.92 Å². The SMILES string of the molecule is C=CCN1C(=O)[C@@H](C(=O)N(Cc2ccccc2)Cc2ccccc2)[C@H]2C[C@@]1(C)Oc1ccccc12. The molecule has 2 heterocycles. The largest absolute Gasteiger partial charge is 0.468 e. The van der Waals surface area contributed by atoms with Gasteiger partial charge in [-0.25, -0.2) is 0 Å². The van der Waals surface area contributed by atoms with Crippen LogP contribution in [0.4, 0.5) is 0 Å². The van der Waals surface area contributed by atoms with Gasteiger partial charge >= 0.3 is 0 Å². The van der Waals surface area contributed by atoms with Crippen molar-refractivity contribution in [2.45, 2.75) is 38.1 Å². The van der Waals surface area contributed by atoms with Crippen molar-refractivity contribution in [1.29, 1.82) is 0 Å². The lowest BCUT2D eigenvalue weighted by atomic mass is 9.73. The van der Waals surface area contributed by atoms with E-state index in [4.69, 9.17) is 4.74 Å². The Morgan fingerprint density at radius 1 is 1.00 bits per heavy atom. The molecule has 0 saturated carbocycles. The zero-order valence-corrected chi connectivity index (χ0v) is 20.0. The number of rotatable bonds is 7. The number of ether oxygens (including phenoxy) is 1. The molecule has 2 aliphatic rings. The Hall–Kier alpha value is -3.86. The summed E-state index contributed by atoms with van der Waals surface area (Å²) in [6, 6.07) is 27.6. The first-order valence-electron chi connectivity index (χ1n) is 12.1. The first kappa shape index (κ1) is 22.9. The van der Waals surface area contributed by atoms with E-state index in [-0.39, 0.29) is 17.7 Å². The summed E-state index contributed by atoms with van der Waals surface area (Å²) in [6.45, 7) is 6.97. The normalized spacial score (nSPS) is 22.7. The van der Waals surface area contributed by atoms with E-state index in [0.29, 0.717) is 26.1 Å². The average molecular weight is 467 g/mol. The van der Waals surface area contributed by atoms with Crippen molar-refractivity contribution >= 4 is 11.8 Å². The summed E-state index contributed by atoms with van der Waals surface area (Å²) in [5, 5.41) is 0. The number of fused-ring (bicyclic) bond motifs is 4. The minimum atomic E-state index is -0.819. The fourth-order valence-electron chi connectivity index (χ4n) is 5.42. The summed E-state index contributed by atoms with van der Waals surface area (Å²) < 4.78 is 6.34. The van der Waals surface area contributed by atoms with Crippen LogP contribution in [0.1, 0.15) is 36.0 Å². The van der Waals surface area contributed by atoms with Crippen LogP contribution in [0.2, 0.25) is 0 Å². The lowest BCUT2D eigenvalue weighted by molar-refractivity contribution is -0.177. The number of hydrogen-bond acceptors (Lipinski definition) is 3. The van der Waals surface area contributed by atoms with Gasteiger partial charge in [0.15, 0.2) is 5.72 Å². The summed E-state index contributed by atoms with van der Waals surface area (Å²) in [6.07, 6.45) is 2.26. The highest BCUT2D eigenvalue weighted by Gasteiger charge is 2.56. The number of amides is 2. The number of hydrogen-bond donors (Lipinski definition) is 0. The van der Waals surface area contributed by atoms with Crippen molar-refractivity contribution in [1.82, 2.24) is 9.80 Å². The van der Waals surface area contributed by atoms with Crippen LogP contribution >= 0.6 is 0 Å². The van der Waals surface area contributed by atoms with Crippen molar-refractivity contribution in [2.24, 2.45) is 5.92 Å². The van der Waals surface area contributed by atoms with E-state index in [1.165, 1.54) is 0 Å². The third kappa shape index (κ3) is 4.34. The quantitative estimate of drug-likeness (QED) is 0.358. The maximum Gasteiger partial charge on any atom is 0.239 e. The van der Waals surface area contributed by atoms with Gasteiger partial charge in [-0.3, -0.25) is 9.59 Å². The number of carbonyl (C=O) groups excluding carboxylic acids is 2. The number of nitrogens with zero attached hydrogens (tertiary/aromatic N) is 2. The van der Waals surface area contributed by atoms with Gasteiger partial charge in [0.05, 0.1) is 0 Å². The molecule has 1 saturated heterocycles. The van der Waals surface area contributed by atoms with Crippen molar-refractivity contribution in [3.63, 3.8) is 0 Å². The highest BCUT2D eigenvalue weighted by Crippen LogP contribution is 2.50. The Balaban J connectivity index is 1.55. The van der Waals surface area contributed by atoms with E-state index >= 15 is 0 Å². The molecule has 5 heteroatoms. The van der Waals surface area contributed by atoms with E-state index in [0.717, 1.165) is 22.4 Å². The van der Waals surface area contributed by atoms with E-state index < -0.39 is 11.6 Å². The number of benzene rings is 3. The van der Waals surface area contributed by atoms with Gasteiger partial charge in [-0.15, -0.1) is 6.58 Å². The predicted molar refractivity (Wildman–Crippen MR) is 135 cm³/mol. The third-order valence-electron chi connectivity index (χ3n) is 7.07. The van der Waals surface area contributed by atoms with Crippen molar-refractivity contribution < 1.29 is 14.3 Å². The highest BCUT2D eigenvalue weighted by molar-refractivity contribution is 6.02. The van der Waals surface area contributed by atoms with Gasteiger partial charge in [0.2, 0.25) is 11.8 Å². The molecule has 3 atom stereocenters. The van der Waals surface area contributed by atoms with Gasteiger partial charge in [-0.2, -0.15) is 0 Å². The minimum Gasteiger partial charge on any atom is -0.468 e. The second-order valence-corrected chi connectivity index (χ2v) is 9.51. The zero-order valence-electron chi connectivity index (χ0n) is 20.0. The second kappa shape index (κ2) is 9.41. The van der Waals surface area contributed by atoms with Crippen LogP contribution in [0.25, 0.3) is 0 Å². The maximum absolute atomic E-state index is 14.3. The molecule has 3 aromatic carbocycles. The molecule has 0 radical (unpaired) electrons. The molecule has 0 aliphatic carbocycles. The summed E-state index contributed by atoms with van der Waals surface area (Å²) >= 11 is 0. The van der Waals surface area contributed by atoms with Crippen LogP contribution in [0.3, 0.4) is 0 Å². The Morgan fingerprint density at radius 3 is 2.17 bits per heavy atom. The molecule has 2 aliphatic heterocycles. The Labute approximate surface area is 206 Å².